The largest absolute Gasteiger partial charge is 0.491 e. The lowest BCUT2D eigenvalue weighted by atomic mass is 10.0. The van der Waals surface area contributed by atoms with Crippen molar-refractivity contribution in [1.82, 2.24) is 4.90 Å². The second-order valence-corrected chi connectivity index (χ2v) is 15.7. The van der Waals surface area contributed by atoms with E-state index in [2.05, 4.69) is 38.1 Å². The van der Waals surface area contributed by atoms with E-state index in [0.717, 1.165) is 30.8 Å². The second-order valence-electron chi connectivity index (χ2n) is 15.7. The first-order chi connectivity index (χ1) is 27.8. The fourth-order valence-electron chi connectivity index (χ4n) is 6.69. The smallest absolute Gasteiger partial charge is 0.219 e. The number of benzene rings is 2. The number of rotatable bonds is 37. The maximum Gasteiger partial charge on any atom is 0.219 e. The van der Waals surface area contributed by atoms with Crippen LogP contribution in [0.3, 0.4) is 0 Å². The first-order valence-electron chi connectivity index (χ1n) is 22.6. The molecule has 2 aromatic rings. The lowest BCUT2D eigenvalue weighted by molar-refractivity contribution is -0.132. The Morgan fingerprint density at radius 3 is 1.68 bits per heavy atom. The van der Waals surface area contributed by atoms with E-state index in [0.29, 0.717) is 32.7 Å². The number of hydrogen-bond acceptors (Lipinski definition) is 8. The van der Waals surface area contributed by atoms with Gasteiger partial charge in [0.1, 0.15) is 36.9 Å². The molecule has 2 rings (SSSR count). The number of ether oxygens (including phenoxy) is 5. The van der Waals surface area contributed by atoms with Crippen LogP contribution in [0.15, 0.2) is 48.5 Å². The molecule has 9 heteroatoms. The maximum atomic E-state index is 12.5. The molecule has 2 aromatic carbocycles. The molecule has 9 nitrogen and oxygen atoms in total. The predicted octanol–water partition coefficient (Wildman–Crippen LogP) is 9.91. The van der Waals surface area contributed by atoms with Crippen LogP contribution in [0.4, 0.5) is 0 Å². The number of aliphatic hydroxyl groups excluding tert-OH is 2. The van der Waals surface area contributed by atoms with Crippen molar-refractivity contribution in [1.29, 1.82) is 0 Å². The lowest BCUT2D eigenvalue weighted by Gasteiger charge is -2.27. The molecule has 0 bridgehead atoms. The van der Waals surface area contributed by atoms with Crippen LogP contribution in [-0.2, 0) is 31.8 Å². The molecule has 0 spiro atoms. The van der Waals surface area contributed by atoms with Crippen molar-refractivity contribution in [2.75, 3.05) is 52.7 Å². The summed E-state index contributed by atoms with van der Waals surface area (Å²) in [6.07, 6.45) is 19.8. The fourth-order valence-corrected chi connectivity index (χ4v) is 6.69. The number of nitrogens with zero attached hydrogens (tertiary/aromatic N) is 1. The number of carbonyl (C=O) groups is 1. The molecule has 326 valence electrons. The second kappa shape index (κ2) is 33.2. The monoisotopic (exact) mass is 800 g/mol. The summed E-state index contributed by atoms with van der Waals surface area (Å²) in [5.41, 5.74) is 2.58. The molecular weight excluding hydrogens is 719 g/mol. The molecule has 0 fully saturated rings. The third-order valence-electron chi connectivity index (χ3n) is 10.5. The molecule has 2 N–H and O–H groups in total. The Bertz CT molecular complexity index is 1240. The standard InChI is InChI=1S/C48H81NO8/c1-6-10-12-14-16-18-20-23-41-27-29-47(30-28-41)56-37-43(51)35-54-45(8-3)34-49(40(5)50)31-32-53-39-46(9-4)55-36-44(52)38-57-48-26-22-25-42(33-48)24-21-19-17-15-13-11-7-2/h22,25-30,33,43-46,51-52H,6-21,23-24,31-32,34-39H2,1-5H3. The van der Waals surface area contributed by atoms with Gasteiger partial charge in [-0.1, -0.05) is 129 Å². The van der Waals surface area contributed by atoms with E-state index in [4.69, 9.17) is 23.7 Å². The van der Waals surface area contributed by atoms with Gasteiger partial charge < -0.3 is 38.8 Å². The van der Waals surface area contributed by atoms with E-state index in [1.807, 2.05) is 38.1 Å². The minimum Gasteiger partial charge on any atom is -0.491 e. The molecule has 0 aliphatic carbocycles. The molecular formula is C48H81NO8. The van der Waals surface area contributed by atoms with Crippen LogP contribution in [0, 0.1) is 0 Å². The molecule has 57 heavy (non-hydrogen) atoms. The molecule has 0 radical (unpaired) electrons. The molecule has 4 unspecified atom stereocenters. The van der Waals surface area contributed by atoms with Crippen molar-refractivity contribution >= 4 is 5.91 Å². The maximum absolute atomic E-state index is 12.5. The average Bonchev–Trinajstić information content (AvgIpc) is 3.22. The summed E-state index contributed by atoms with van der Waals surface area (Å²) >= 11 is 0. The van der Waals surface area contributed by atoms with E-state index < -0.39 is 12.2 Å². The highest BCUT2D eigenvalue weighted by Gasteiger charge is 2.18. The van der Waals surface area contributed by atoms with Gasteiger partial charge in [0, 0.05) is 20.0 Å². The zero-order valence-electron chi connectivity index (χ0n) is 36.6. The first-order valence-corrected chi connectivity index (χ1v) is 22.6. The fraction of sp³-hybridized carbons (Fsp3) is 0.729. The van der Waals surface area contributed by atoms with Gasteiger partial charge in [0.15, 0.2) is 0 Å². The summed E-state index contributed by atoms with van der Waals surface area (Å²) in [5.74, 6) is 1.44. The van der Waals surface area contributed by atoms with Gasteiger partial charge in [-0.05, 0) is 73.9 Å². The third-order valence-corrected chi connectivity index (χ3v) is 10.5. The minimum atomic E-state index is -0.785. The molecule has 1 amide bonds. The van der Waals surface area contributed by atoms with Crippen molar-refractivity contribution < 1.29 is 38.7 Å². The van der Waals surface area contributed by atoms with Gasteiger partial charge >= 0.3 is 0 Å². The summed E-state index contributed by atoms with van der Waals surface area (Å²) in [6, 6.07) is 16.3. The minimum absolute atomic E-state index is 0.0605. The summed E-state index contributed by atoms with van der Waals surface area (Å²) in [7, 11) is 0. The topological polar surface area (TPSA) is 107 Å². The molecule has 0 aliphatic rings. The van der Waals surface area contributed by atoms with Crippen molar-refractivity contribution in [3.63, 3.8) is 0 Å². The Labute approximate surface area is 347 Å². The summed E-state index contributed by atoms with van der Waals surface area (Å²) in [4.78, 5) is 14.2. The lowest BCUT2D eigenvalue weighted by Crippen LogP contribution is -2.40. The van der Waals surface area contributed by atoms with Crippen LogP contribution in [0.25, 0.3) is 0 Å². The summed E-state index contributed by atoms with van der Waals surface area (Å²) < 4.78 is 29.6. The van der Waals surface area contributed by atoms with Crippen LogP contribution in [0.2, 0.25) is 0 Å². The number of hydrogen-bond donors (Lipinski definition) is 2. The van der Waals surface area contributed by atoms with E-state index in [9.17, 15) is 15.0 Å². The van der Waals surface area contributed by atoms with E-state index >= 15 is 0 Å². The van der Waals surface area contributed by atoms with Crippen molar-refractivity contribution in [3.8, 4) is 11.5 Å². The molecule has 0 saturated carbocycles. The van der Waals surface area contributed by atoms with Gasteiger partial charge in [-0.25, -0.2) is 0 Å². The Morgan fingerprint density at radius 2 is 1.12 bits per heavy atom. The third kappa shape index (κ3) is 25.4. The molecule has 0 saturated heterocycles. The Hall–Kier alpha value is -2.69. The highest BCUT2D eigenvalue weighted by Crippen LogP contribution is 2.18. The number of aryl methyl sites for hydroxylation is 2. The predicted molar refractivity (Wildman–Crippen MR) is 232 cm³/mol. The van der Waals surface area contributed by atoms with Crippen LogP contribution >= 0.6 is 0 Å². The quantitative estimate of drug-likeness (QED) is 0.0651. The van der Waals surface area contributed by atoms with Gasteiger partial charge in [0.05, 0.1) is 38.6 Å². The van der Waals surface area contributed by atoms with Crippen LogP contribution in [-0.4, -0.2) is 98.2 Å². The number of amides is 1. The highest BCUT2D eigenvalue weighted by atomic mass is 16.5. The van der Waals surface area contributed by atoms with E-state index in [-0.39, 0.29) is 44.5 Å². The Morgan fingerprint density at radius 1 is 0.596 bits per heavy atom. The van der Waals surface area contributed by atoms with Gasteiger partial charge in [-0.2, -0.15) is 0 Å². The molecule has 0 aliphatic heterocycles. The zero-order chi connectivity index (χ0) is 41.4. The van der Waals surface area contributed by atoms with Crippen LogP contribution in [0.5, 0.6) is 11.5 Å². The van der Waals surface area contributed by atoms with Crippen molar-refractivity contribution in [2.45, 2.75) is 175 Å². The number of unbranched alkanes of at least 4 members (excludes halogenated alkanes) is 12. The summed E-state index contributed by atoms with van der Waals surface area (Å²) in [6.45, 7) is 12.2. The normalized spacial score (nSPS) is 13.6. The molecule has 0 aromatic heterocycles. The van der Waals surface area contributed by atoms with Crippen molar-refractivity contribution in [3.05, 3.63) is 59.7 Å². The zero-order valence-corrected chi connectivity index (χ0v) is 36.6. The van der Waals surface area contributed by atoms with E-state index in [1.54, 1.807) is 11.8 Å². The van der Waals surface area contributed by atoms with Gasteiger partial charge in [-0.3, -0.25) is 4.79 Å². The first kappa shape index (κ1) is 50.5. The number of aliphatic hydroxyl groups is 2. The summed E-state index contributed by atoms with van der Waals surface area (Å²) in [5, 5.41) is 21.1. The Balaban J connectivity index is 1.61. The molecule has 0 heterocycles. The SMILES string of the molecule is CCCCCCCCCc1ccc(OCC(O)COC(CC)CN(CCOCC(CC)OCC(O)COc2cccc(CCCCCCCCC)c2)C(C)=O)cc1. The van der Waals surface area contributed by atoms with Gasteiger partial charge in [-0.15, -0.1) is 0 Å². The van der Waals surface area contributed by atoms with Crippen molar-refractivity contribution in [2.24, 2.45) is 0 Å². The average molecular weight is 800 g/mol. The Kier molecular flexibility index (Phi) is 29.4. The van der Waals surface area contributed by atoms with Gasteiger partial charge in [0.25, 0.3) is 0 Å². The molecule has 4 atom stereocenters. The highest BCUT2D eigenvalue weighted by molar-refractivity contribution is 5.73. The van der Waals surface area contributed by atoms with Crippen LogP contribution < -0.4 is 9.47 Å². The van der Waals surface area contributed by atoms with Gasteiger partial charge in [0.2, 0.25) is 5.91 Å². The van der Waals surface area contributed by atoms with E-state index in [1.165, 1.54) is 101 Å². The number of carbonyl (C=O) groups excluding carboxylic acids is 1. The van der Waals surface area contributed by atoms with Crippen LogP contribution in [0.1, 0.15) is 148 Å².